The average Bonchev–Trinajstić information content (AvgIpc) is 3.18. The van der Waals surface area contributed by atoms with Gasteiger partial charge in [-0.1, -0.05) is 48.5 Å². The molecule has 0 atom stereocenters. The number of hydrogen-bond acceptors (Lipinski definition) is 4. The summed E-state index contributed by atoms with van der Waals surface area (Å²) in [6.07, 6.45) is 2.46. The van der Waals surface area contributed by atoms with Gasteiger partial charge in [-0.15, -0.1) is 0 Å². The minimum absolute atomic E-state index is 0.643. The molecule has 2 aromatic carbocycles. The summed E-state index contributed by atoms with van der Waals surface area (Å²) in [5.74, 6) is 1.64. The molecule has 1 saturated heterocycles. The third kappa shape index (κ3) is 3.23. The summed E-state index contributed by atoms with van der Waals surface area (Å²) in [6, 6.07) is 22.4. The Labute approximate surface area is 142 Å². The lowest BCUT2D eigenvalue weighted by Crippen LogP contribution is -2.19. The van der Waals surface area contributed by atoms with Crippen LogP contribution in [0.5, 0.6) is 0 Å². The zero-order chi connectivity index (χ0) is 16.2. The first-order chi connectivity index (χ1) is 11.9. The molecule has 24 heavy (non-hydrogen) atoms. The minimum atomic E-state index is 0.643. The Morgan fingerprint density at radius 1 is 0.792 bits per heavy atom. The first kappa shape index (κ1) is 14.7. The van der Waals surface area contributed by atoms with Crippen molar-refractivity contribution in [3.8, 4) is 11.3 Å². The van der Waals surface area contributed by atoms with Crippen LogP contribution in [0.2, 0.25) is 0 Å². The topological polar surface area (TPSA) is 41.1 Å². The monoisotopic (exact) mass is 316 g/mol. The molecule has 4 nitrogen and oxygen atoms in total. The van der Waals surface area contributed by atoms with Gasteiger partial charge in [-0.3, -0.25) is 0 Å². The summed E-state index contributed by atoms with van der Waals surface area (Å²) in [7, 11) is 0. The van der Waals surface area contributed by atoms with Gasteiger partial charge in [0.05, 0.1) is 5.69 Å². The Morgan fingerprint density at radius 3 is 2.17 bits per heavy atom. The highest BCUT2D eigenvalue weighted by molar-refractivity contribution is 5.66. The first-order valence-corrected chi connectivity index (χ1v) is 8.40. The number of aromatic nitrogens is 2. The number of para-hydroxylation sites is 1. The van der Waals surface area contributed by atoms with Crippen LogP contribution >= 0.6 is 0 Å². The van der Waals surface area contributed by atoms with Crippen LogP contribution < -0.4 is 10.2 Å². The number of anilines is 3. The molecule has 4 heteroatoms. The summed E-state index contributed by atoms with van der Waals surface area (Å²) >= 11 is 0. The predicted octanol–water partition coefficient (Wildman–Crippen LogP) is 4.49. The van der Waals surface area contributed by atoms with Crippen LogP contribution in [0.4, 0.5) is 17.5 Å². The Hall–Kier alpha value is -2.88. The van der Waals surface area contributed by atoms with Gasteiger partial charge in [0.2, 0.25) is 5.95 Å². The maximum Gasteiger partial charge on any atom is 0.229 e. The van der Waals surface area contributed by atoms with Crippen LogP contribution in [-0.4, -0.2) is 23.1 Å². The Balaban J connectivity index is 1.73. The van der Waals surface area contributed by atoms with Gasteiger partial charge in [0.1, 0.15) is 5.82 Å². The van der Waals surface area contributed by atoms with E-state index in [1.54, 1.807) is 0 Å². The predicted molar refractivity (Wildman–Crippen MR) is 98.6 cm³/mol. The van der Waals surface area contributed by atoms with E-state index in [1.807, 2.05) is 48.5 Å². The van der Waals surface area contributed by atoms with Gasteiger partial charge in [-0.2, -0.15) is 4.98 Å². The van der Waals surface area contributed by atoms with Crippen molar-refractivity contribution in [2.24, 2.45) is 0 Å². The van der Waals surface area contributed by atoms with Crippen molar-refractivity contribution in [1.29, 1.82) is 0 Å². The fourth-order valence-corrected chi connectivity index (χ4v) is 3.01. The van der Waals surface area contributed by atoms with E-state index >= 15 is 0 Å². The minimum Gasteiger partial charge on any atom is -0.356 e. The summed E-state index contributed by atoms with van der Waals surface area (Å²) in [5, 5.41) is 3.33. The number of benzene rings is 2. The second-order valence-electron chi connectivity index (χ2n) is 5.99. The molecule has 0 spiro atoms. The molecule has 0 unspecified atom stereocenters. The number of nitrogens with one attached hydrogen (secondary N) is 1. The molecule has 0 bridgehead atoms. The molecule has 1 N–H and O–H groups in total. The summed E-state index contributed by atoms with van der Waals surface area (Å²) in [4.78, 5) is 11.8. The van der Waals surface area contributed by atoms with E-state index in [4.69, 9.17) is 9.97 Å². The van der Waals surface area contributed by atoms with Crippen LogP contribution in [0, 0.1) is 0 Å². The van der Waals surface area contributed by atoms with Crippen LogP contribution in [0.3, 0.4) is 0 Å². The molecule has 1 fully saturated rings. The van der Waals surface area contributed by atoms with Gasteiger partial charge in [-0.05, 0) is 25.0 Å². The fraction of sp³-hybridized carbons (Fsp3) is 0.200. The van der Waals surface area contributed by atoms with Gasteiger partial charge < -0.3 is 10.2 Å². The molecule has 1 aliphatic rings. The highest BCUT2D eigenvalue weighted by atomic mass is 15.2. The average molecular weight is 316 g/mol. The number of nitrogens with zero attached hydrogens (tertiary/aromatic N) is 3. The highest BCUT2D eigenvalue weighted by Gasteiger charge is 2.16. The van der Waals surface area contributed by atoms with E-state index < -0.39 is 0 Å². The largest absolute Gasteiger partial charge is 0.356 e. The molecule has 0 amide bonds. The summed E-state index contributed by atoms with van der Waals surface area (Å²) in [6.45, 7) is 2.13. The second-order valence-corrected chi connectivity index (χ2v) is 5.99. The Bertz CT molecular complexity index is 796. The van der Waals surface area contributed by atoms with Gasteiger partial charge in [-0.25, -0.2) is 4.98 Å². The van der Waals surface area contributed by atoms with E-state index in [2.05, 4.69) is 28.4 Å². The molecule has 0 aliphatic carbocycles. The van der Waals surface area contributed by atoms with Crippen LogP contribution in [-0.2, 0) is 0 Å². The van der Waals surface area contributed by atoms with Crippen LogP contribution in [0.15, 0.2) is 66.7 Å². The smallest absolute Gasteiger partial charge is 0.229 e. The van der Waals surface area contributed by atoms with Crippen molar-refractivity contribution in [1.82, 2.24) is 9.97 Å². The quantitative estimate of drug-likeness (QED) is 0.770. The first-order valence-electron chi connectivity index (χ1n) is 8.40. The molecule has 2 heterocycles. The number of hydrogen-bond donors (Lipinski definition) is 1. The fourth-order valence-electron chi connectivity index (χ4n) is 3.01. The summed E-state index contributed by atoms with van der Waals surface area (Å²) < 4.78 is 0. The van der Waals surface area contributed by atoms with Gasteiger partial charge in [0.15, 0.2) is 0 Å². The molecule has 0 saturated carbocycles. The van der Waals surface area contributed by atoms with Gasteiger partial charge in [0, 0.05) is 30.4 Å². The lowest BCUT2D eigenvalue weighted by Gasteiger charge is -2.18. The zero-order valence-electron chi connectivity index (χ0n) is 13.5. The normalized spacial score (nSPS) is 13.9. The highest BCUT2D eigenvalue weighted by Crippen LogP contribution is 2.26. The van der Waals surface area contributed by atoms with E-state index in [9.17, 15) is 0 Å². The molecular formula is C20H20N4. The molecule has 4 rings (SSSR count). The Morgan fingerprint density at radius 2 is 1.46 bits per heavy atom. The molecular weight excluding hydrogens is 296 g/mol. The zero-order valence-corrected chi connectivity index (χ0v) is 13.5. The number of rotatable bonds is 4. The lowest BCUT2D eigenvalue weighted by atomic mass is 10.1. The lowest BCUT2D eigenvalue weighted by molar-refractivity contribution is 0.931. The SMILES string of the molecule is c1ccc(Nc2nc(-c3ccccc3)cc(N3CCCC3)n2)cc1. The van der Waals surface area contributed by atoms with E-state index in [1.165, 1.54) is 12.8 Å². The third-order valence-corrected chi connectivity index (χ3v) is 4.24. The molecule has 0 radical (unpaired) electrons. The van der Waals surface area contributed by atoms with Crippen LogP contribution in [0.25, 0.3) is 11.3 Å². The van der Waals surface area contributed by atoms with Crippen molar-refractivity contribution in [2.45, 2.75) is 12.8 Å². The van der Waals surface area contributed by atoms with Crippen molar-refractivity contribution in [2.75, 3.05) is 23.3 Å². The molecule has 1 aromatic heterocycles. The second kappa shape index (κ2) is 6.71. The van der Waals surface area contributed by atoms with Crippen LogP contribution in [0.1, 0.15) is 12.8 Å². The molecule has 1 aliphatic heterocycles. The summed E-state index contributed by atoms with van der Waals surface area (Å²) in [5.41, 5.74) is 3.05. The maximum atomic E-state index is 4.74. The maximum absolute atomic E-state index is 4.74. The van der Waals surface area contributed by atoms with Gasteiger partial charge in [0.25, 0.3) is 0 Å². The molecule has 3 aromatic rings. The van der Waals surface area contributed by atoms with E-state index in [0.29, 0.717) is 5.95 Å². The van der Waals surface area contributed by atoms with E-state index in [-0.39, 0.29) is 0 Å². The van der Waals surface area contributed by atoms with Crippen molar-refractivity contribution >= 4 is 17.5 Å². The van der Waals surface area contributed by atoms with Crippen molar-refractivity contribution in [3.63, 3.8) is 0 Å². The van der Waals surface area contributed by atoms with Crippen molar-refractivity contribution < 1.29 is 0 Å². The Kier molecular flexibility index (Phi) is 4.11. The van der Waals surface area contributed by atoms with E-state index in [0.717, 1.165) is 35.9 Å². The van der Waals surface area contributed by atoms with Gasteiger partial charge >= 0.3 is 0 Å². The van der Waals surface area contributed by atoms with Crippen molar-refractivity contribution in [3.05, 3.63) is 66.7 Å². The molecule has 120 valence electrons. The standard InChI is InChI=1S/C20H20N4/c1-3-9-16(10-4-1)18-15-19(24-13-7-8-14-24)23-20(22-18)21-17-11-5-2-6-12-17/h1-6,9-12,15H,7-8,13-14H2,(H,21,22,23). The third-order valence-electron chi connectivity index (χ3n) is 4.24.